The molecule has 0 aliphatic rings. The minimum atomic E-state index is 0.547. The van der Waals surface area contributed by atoms with Crippen LogP contribution in [0.25, 0.3) is 0 Å². The Labute approximate surface area is 116 Å². The molecule has 0 fully saturated rings. The normalized spacial score (nSPS) is 10.6. The summed E-state index contributed by atoms with van der Waals surface area (Å²) in [4.78, 5) is 0. The number of ether oxygens (including phenoxy) is 1. The number of aryl methyl sites for hydroxylation is 1. The zero-order valence-electron chi connectivity index (χ0n) is 11.5. The van der Waals surface area contributed by atoms with Gasteiger partial charge in [-0.1, -0.05) is 57.2 Å². The van der Waals surface area contributed by atoms with Crippen LogP contribution in [0.15, 0.2) is 24.3 Å². The van der Waals surface area contributed by atoms with E-state index < -0.39 is 0 Å². The van der Waals surface area contributed by atoms with E-state index in [-0.39, 0.29) is 0 Å². The van der Waals surface area contributed by atoms with Crippen LogP contribution in [-0.4, -0.2) is 12.5 Å². The summed E-state index contributed by atoms with van der Waals surface area (Å²) < 4.78 is 5.65. The SMILES string of the molecule is CCCCCCCCc1ccccc1OCCCl. The molecule has 2 heteroatoms. The van der Waals surface area contributed by atoms with E-state index >= 15 is 0 Å². The Morgan fingerprint density at radius 1 is 1.00 bits per heavy atom. The lowest BCUT2D eigenvalue weighted by atomic mass is 10.0. The maximum atomic E-state index is 5.65. The molecule has 1 aromatic rings. The molecule has 0 heterocycles. The molecular formula is C16H25ClO. The van der Waals surface area contributed by atoms with E-state index in [1.54, 1.807) is 0 Å². The Morgan fingerprint density at radius 2 is 1.72 bits per heavy atom. The molecule has 1 aromatic carbocycles. The average Bonchev–Trinajstić information content (AvgIpc) is 2.41. The summed E-state index contributed by atoms with van der Waals surface area (Å²) in [5.74, 6) is 1.55. The quantitative estimate of drug-likeness (QED) is 0.418. The van der Waals surface area contributed by atoms with Crippen molar-refractivity contribution >= 4 is 11.6 Å². The number of unbranched alkanes of at least 4 members (excludes halogenated alkanes) is 5. The summed E-state index contributed by atoms with van der Waals surface area (Å²) in [7, 11) is 0. The summed E-state index contributed by atoms with van der Waals surface area (Å²) in [6.45, 7) is 2.85. The van der Waals surface area contributed by atoms with Crippen molar-refractivity contribution in [1.29, 1.82) is 0 Å². The summed E-state index contributed by atoms with van der Waals surface area (Å²) in [6.07, 6.45) is 9.11. The van der Waals surface area contributed by atoms with Crippen molar-refractivity contribution in [3.8, 4) is 5.75 Å². The van der Waals surface area contributed by atoms with Gasteiger partial charge in [-0.25, -0.2) is 0 Å². The summed E-state index contributed by atoms with van der Waals surface area (Å²) in [6, 6.07) is 8.31. The molecule has 0 aliphatic heterocycles. The van der Waals surface area contributed by atoms with Crippen molar-refractivity contribution in [2.75, 3.05) is 12.5 Å². The zero-order chi connectivity index (χ0) is 13.1. The molecule has 0 atom stereocenters. The second kappa shape index (κ2) is 10.3. The highest BCUT2D eigenvalue weighted by Crippen LogP contribution is 2.20. The molecule has 0 saturated carbocycles. The van der Waals surface area contributed by atoms with Crippen LogP contribution in [0.3, 0.4) is 0 Å². The summed E-state index contributed by atoms with van der Waals surface area (Å²) >= 11 is 5.65. The van der Waals surface area contributed by atoms with E-state index in [0.717, 1.165) is 12.2 Å². The lowest BCUT2D eigenvalue weighted by Crippen LogP contribution is -2.01. The monoisotopic (exact) mass is 268 g/mol. The third-order valence-electron chi connectivity index (χ3n) is 3.11. The third-order valence-corrected chi connectivity index (χ3v) is 3.26. The van der Waals surface area contributed by atoms with Gasteiger partial charge in [0.05, 0.1) is 5.88 Å². The standard InChI is InChI=1S/C16H25ClO/c1-2-3-4-5-6-7-10-15-11-8-9-12-16(15)18-14-13-17/h8-9,11-12H,2-7,10,13-14H2,1H3. The van der Waals surface area contributed by atoms with E-state index in [0.29, 0.717) is 12.5 Å². The van der Waals surface area contributed by atoms with Crippen LogP contribution in [0.5, 0.6) is 5.75 Å². The fourth-order valence-corrected chi connectivity index (χ4v) is 2.17. The highest BCUT2D eigenvalue weighted by Gasteiger charge is 2.02. The number of rotatable bonds is 10. The van der Waals surface area contributed by atoms with Crippen molar-refractivity contribution in [2.45, 2.75) is 51.9 Å². The molecule has 0 aliphatic carbocycles. The highest BCUT2D eigenvalue weighted by atomic mass is 35.5. The molecule has 1 nitrogen and oxygen atoms in total. The fourth-order valence-electron chi connectivity index (χ4n) is 2.10. The van der Waals surface area contributed by atoms with E-state index in [2.05, 4.69) is 19.1 Å². The molecule has 0 saturated heterocycles. The van der Waals surface area contributed by atoms with Gasteiger partial charge in [0.25, 0.3) is 0 Å². The Kier molecular flexibility index (Phi) is 8.75. The van der Waals surface area contributed by atoms with Gasteiger partial charge in [0.1, 0.15) is 12.4 Å². The Bertz CT molecular complexity index is 312. The molecule has 0 N–H and O–H groups in total. The summed E-state index contributed by atoms with van der Waals surface area (Å²) in [5, 5.41) is 0. The van der Waals surface area contributed by atoms with Gasteiger partial charge in [0.2, 0.25) is 0 Å². The smallest absolute Gasteiger partial charge is 0.122 e. The van der Waals surface area contributed by atoms with Crippen LogP contribution < -0.4 is 4.74 Å². The van der Waals surface area contributed by atoms with Crippen LogP contribution in [0.2, 0.25) is 0 Å². The Morgan fingerprint density at radius 3 is 2.50 bits per heavy atom. The van der Waals surface area contributed by atoms with Crippen LogP contribution >= 0.6 is 11.6 Å². The predicted molar refractivity (Wildman–Crippen MR) is 79.7 cm³/mol. The van der Waals surface area contributed by atoms with Crippen LogP contribution in [0.1, 0.15) is 51.0 Å². The first kappa shape index (κ1) is 15.4. The maximum Gasteiger partial charge on any atom is 0.122 e. The van der Waals surface area contributed by atoms with Crippen LogP contribution in [-0.2, 0) is 6.42 Å². The molecule has 0 unspecified atom stereocenters. The molecule has 0 aromatic heterocycles. The lowest BCUT2D eigenvalue weighted by Gasteiger charge is -2.10. The fraction of sp³-hybridized carbons (Fsp3) is 0.625. The van der Waals surface area contributed by atoms with Gasteiger partial charge in [-0.3, -0.25) is 0 Å². The zero-order valence-corrected chi connectivity index (χ0v) is 12.2. The number of benzene rings is 1. The van der Waals surface area contributed by atoms with Gasteiger partial charge in [-0.05, 0) is 24.5 Å². The molecule has 1 rings (SSSR count). The molecule has 0 amide bonds. The minimum Gasteiger partial charge on any atom is -0.492 e. The topological polar surface area (TPSA) is 9.23 Å². The van der Waals surface area contributed by atoms with E-state index in [4.69, 9.17) is 16.3 Å². The van der Waals surface area contributed by atoms with Crippen molar-refractivity contribution in [2.24, 2.45) is 0 Å². The molecule has 18 heavy (non-hydrogen) atoms. The average molecular weight is 269 g/mol. The largest absolute Gasteiger partial charge is 0.492 e. The number of alkyl halides is 1. The first-order valence-electron chi connectivity index (χ1n) is 7.15. The first-order valence-corrected chi connectivity index (χ1v) is 7.68. The molecule has 0 radical (unpaired) electrons. The van der Waals surface area contributed by atoms with Gasteiger partial charge < -0.3 is 4.74 Å². The van der Waals surface area contributed by atoms with Gasteiger partial charge in [0.15, 0.2) is 0 Å². The van der Waals surface area contributed by atoms with E-state index in [9.17, 15) is 0 Å². The van der Waals surface area contributed by atoms with Gasteiger partial charge in [0, 0.05) is 0 Å². The van der Waals surface area contributed by atoms with Gasteiger partial charge in [-0.2, -0.15) is 0 Å². The van der Waals surface area contributed by atoms with Crippen molar-refractivity contribution in [1.82, 2.24) is 0 Å². The Balaban J connectivity index is 2.27. The second-order valence-electron chi connectivity index (χ2n) is 4.66. The highest BCUT2D eigenvalue weighted by molar-refractivity contribution is 6.18. The van der Waals surface area contributed by atoms with Crippen LogP contribution in [0.4, 0.5) is 0 Å². The van der Waals surface area contributed by atoms with Gasteiger partial charge >= 0.3 is 0 Å². The number of halogens is 1. The van der Waals surface area contributed by atoms with Crippen LogP contribution in [0, 0.1) is 0 Å². The minimum absolute atomic E-state index is 0.547. The summed E-state index contributed by atoms with van der Waals surface area (Å²) in [5.41, 5.74) is 1.32. The predicted octanol–water partition coefficient (Wildman–Crippen LogP) is 5.21. The van der Waals surface area contributed by atoms with Crippen molar-refractivity contribution in [3.63, 3.8) is 0 Å². The van der Waals surface area contributed by atoms with Crippen molar-refractivity contribution < 1.29 is 4.74 Å². The third kappa shape index (κ3) is 6.30. The van der Waals surface area contributed by atoms with E-state index in [1.165, 1.54) is 44.1 Å². The second-order valence-corrected chi connectivity index (χ2v) is 5.04. The molecular weight excluding hydrogens is 244 g/mol. The number of para-hydroxylation sites is 1. The molecule has 102 valence electrons. The van der Waals surface area contributed by atoms with E-state index in [1.807, 2.05) is 12.1 Å². The first-order chi connectivity index (χ1) is 8.88. The molecule has 0 bridgehead atoms. The number of hydrogen-bond acceptors (Lipinski definition) is 1. The van der Waals surface area contributed by atoms with Gasteiger partial charge in [-0.15, -0.1) is 11.6 Å². The lowest BCUT2D eigenvalue weighted by molar-refractivity contribution is 0.338. The number of hydrogen-bond donors (Lipinski definition) is 0. The van der Waals surface area contributed by atoms with Crippen molar-refractivity contribution in [3.05, 3.63) is 29.8 Å². The maximum absolute atomic E-state index is 5.65. The Hall–Kier alpha value is -0.690. The molecule has 0 spiro atoms.